The first-order valence-corrected chi connectivity index (χ1v) is 5.33. The summed E-state index contributed by atoms with van der Waals surface area (Å²) in [6.07, 6.45) is -4.26. The maximum absolute atomic E-state index is 12.5. The van der Waals surface area contributed by atoms with Crippen LogP contribution >= 0.6 is 0 Å². The summed E-state index contributed by atoms with van der Waals surface area (Å²) < 4.78 is 37.4. The van der Waals surface area contributed by atoms with Crippen molar-refractivity contribution in [3.05, 3.63) is 35.4 Å². The molecule has 0 saturated carbocycles. The molecule has 16 heavy (non-hydrogen) atoms. The van der Waals surface area contributed by atoms with Crippen molar-refractivity contribution in [2.45, 2.75) is 25.9 Å². The summed E-state index contributed by atoms with van der Waals surface area (Å²) in [7, 11) is 0. The van der Waals surface area contributed by atoms with Crippen LogP contribution < -0.4 is 5.32 Å². The zero-order valence-electron chi connectivity index (χ0n) is 9.43. The van der Waals surface area contributed by atoms with Gasteiger partial charge in [0.15, 0.2) is 0 Å². The van der Waals surface area contributed by atoms with Crippen LogP contribution in [0.15, 0.2) is 24.3 Å². The first-order chi connectivity index (χ1) is 7.45. The Balaban J connectivity index is 2.82. The van der Waals surface area contributed by atoms with Gasteiger partial charge >= 0.3 is 6.18 Å². The van der Waals surface area contributed by atoms with Crippen molar-refractivity contribution in [1.82, 2.24) is 5.32 Å². The standard InChI is InChI=1S/C12H16F3N/c1-3-16-8-9(2)10-5-4-6-11(7-10)12(13,14)15/h4-7,9,16H,3,8H2,1-2H3. The maximum Gasteiger partial charge on any atom is 0.416 e. The monoisotopic (exact) mass is 231 g/mol. The topological polar surface area (TPSA) is 12.0 Å². The molecule has 1 rings (SSSR count). The molecular weight excluding hydrogens is 215 g/mol. The third kappa shape index (κ3) is 3.52. The van der Waals surface area contributed by atoms with Crippen molar-refractivity contribution in [2.24, 2.45) is 0 Å². The molecule has 0 heterocycles. The van der Waals surface area contributed by atoms with E-state index in [2.05, 4.69) is 5.32 Å². The number of hydrogen-bond acceptors (Lipinski definition) is 1. The summed E-state index contributed by atoms with van der Waals surface area (Å²) in [5.41, 5.74) is 0.143. The highest BCUT2D eigenvalue weighted by atomic mass is 19.4. The quantitative estimate of drug-likeness (QED) is 0.837. The Morgan fingerprint density at radius 1 is 1.31 bits per heavy atom. The van der Waals surface area contributed by atoms with E-state index in [9.17, 15) is 13.2 Å². The third-order valence-corrected chi connectivity index (χ3v) is 2.48. The van der Waals surface area contributed by atoms with Gasteiger partial charge in [0, 0.05) is 6.54 Å². The van der Waals surface area contributed by atoms with Crippen LogP contribution in [-0.2, 0) is 6.18 Å². The molecule has 0 radical (unpaired) electrons. The van der Waals surface area contributed by atoms with Gasteiger partial charge in [0.25, 0.3) is 0 Å². The lowest BCUT2D eigenvalue weighted by Gasteiger charge is -2.14. The molecule has 0 fully saturated rings. The number of nitrogens with one attached hydrogen (secondary N) is 1. The Labute approximate surface area is 93.7 Å². The molecule has 0 aliphatic heterocycles. The summed E-state index contributed by atoms with van der Waals surface area (Å²) in [5, 5.41) is 3.12. The van der Waals surface area contributed by atoms with Gasteiger partial charge in [-0.05, 0) is 24.1 Å². The summed E-state index contributed by atoms with van der Waals surface area (Å²) >= 11 is 0. The zero-order chi connectivity index (χ0) is 12.2. The Bertz CT molecular complexity index is 333. The lowest BCUT2D eigenvalue weighted by Crippen LogP contribution is -2.19. The summed E-state index contributed by atoms with van der Waals surface area (Å²) in [5.74, 6) is 0.0854. The van der Waals surface area contributed by atoms with Gasteiger partial charge in [-0.15, -0.1) is 0 Å². The summed E-state index contributed by atoms with van der Waals surface area (Å²) in [4.78, 5) is 0. The van der Waals surface area contributed by atoms with Gasteiger partial charge in [-0.1, -0.05) is 32.0 Å². The molecule has 0 aliphatic rings. The van der Waals surface area contributed by atoms with Gasteiger partial charge in [-0.2, -0.15) is 13.2 Å². The van der Waals surface area contributed by atoms with Crippen molar-refractivity contribution >= 4 is 0 Å². The van der Waals surface area contributed by atoms with E-state index >= 15 is 0 Å². The number of alkyl halides is 3. The van der Waals surface area contributed by atoms with Crippen LogP contribution in [0, 0.1) is 0 Å². The van der Waals surface area contributed by atoms with Crippen molar-refractivity contribution in [1.29, 1.82) is 0 Å². The van der Waals surface area contributed by atoms with Gasteiger partial charge in [-0.3, -0.25) is 0 Å². The van der Waals surface area contributed by atoms with E-state index in [-0.39, 0.29) is 5.92 Å². The minimum atomic E-state index is -4.26. The molecule has 1 nitrogen and oxygen atoms in total. The molecule has 0 aromatic heterocycles. The number of benzene rings is 1. The van der Waals surface area contributed by atoms with Crippen LogP contribution in [0.1, 0.15) is 30.9 Å². The van der Waals surface area contributed by atoms with E-state index in [4.69, 9.17) is 0 Å². The molecule has 4 heteroatoms. The molecular formula is C12H16F3N. The van der Waals surface area contributed by atoms with Gasteiger partial charge in [-0.25, -0.2) is 0 Å². The maximum atomic E-state index is 12.5. The van der Waals surface area contributed by atoms with Crippen LogP contribution in [0.25, 0.3) is 0 Å². The smallest absolute Gasteiger partial charge is 0.316 e. The lowest BCUT2D eigenvalue weighted by molar-refractivity contribution is -0.137. The number of rotatable bonds is 4. The van der Waals surface area contributed by atoms with Crippen molar-refractivity contribution in [3.8, 4) is 0 Å². The highest BCUT2D eigenvalue weighted by molar-refractivity contribution is 5.28. The molecule has 1 aromatic rings. The van der Waals surface area contributed by atoms with Crippen LogP contribution in [0.3, 0.4) is 0 Å². The minimum absolute atomic E-state index is 0.0854. The van der Waals surface area contributed by atoms with E-state index in [0.29, 0.717) is 6.54 Å². The zero-order valence-corrected chi connectivity index (χ0v) is 9.43. The minimum Gasteiger partial charge on any atom is -0.316 e. The molecule has 0 bridgehead atoms. The van der Waals surface area contributed by atoms with Gasteiger partial charge in [0.2, 0.25) is 0 Å². The first kappa shape index (κ1) is 13.0. The van der Waals surface area contributed by atoms with E-state index in [1.54, 1.807) is 6.07 Å². The van der Waals surface area contributed by atoms with E-state index in [1.807, 2.05) is 13.8 Å². The van der Waals surface area contributed by atoms with Gasteiger partial charge in [0.1, 0.15) is 0 Å². The highest BCUT2D eigenvalue weighted by Crippen LogP contribution is 2.30. The van der Waals surface area contributed by atoms with Crippen LogP contribution in [0.2, 0.25) is 0 Å². The molecule has 1 atom stereocenters. The second kappa shape index (κ2) is 5.34. The SMILES string of the molecule is CCNCC(C)c1cccc(C(F)(F)F)c1. The average Bonchev–Trinajstić information content (AvgIpc) is 2.25. The molecule has 0 aliphatic carbocycles. The van der Waals surface area contributed by atoms with E-state index < -0.39 is 11.7 Å². The van der Waals surface area contributed by atoms with Crippen LogP contribution in [0.4, 0.5) is 13.2 Å². The second-order valence-corrected chi connectivity index (χ2v) is 3.83. The highest BCUT2D eigenvalue weighted by Gasteiger charge is 2.30. The number of likely N-dealkylation sites (N-methyl/N-ethyl adjacent to an activating group) is 1. The normalized spacial score (nSPS) is 13.8. The fourth-order valence-electron chi connectivity index (χ4n) is 1.50. The Hall–Kier alpha value is -1.03. The number of halogens is 3. The van der Waals surface area contributed by atoms with E-state index in [1.165, 1.54) is 12.1 Å². The fourth-order valence-corrected chi connectivity index (χ4v) is 1.50. The van der Waals surface area contributed by atoms with Crippen LogP contribution in [0.5, 0.6) is 0 Å². The van der Waals surface area contributed by atoms with Crippen molar-refractivity contribution in [2.75, 3.05) is 13.1 Å². The Morgan fingerprint density at radius 3 is 2.56 bits per heavy atom. The predicted octanol–water partition coefficient (Wildman–Crippen LogP) is 3.42. The molecule has 0 amide bonds. The molecule has 0 spiro atoms. The van der Waals surface area contributed by atoms with Crippen molar-refractivity contribution in [3.63, 3.8) is 0 Å². The average molecular weight is 231 g/mol. The van der Waals surface area contributed by atoms with Gasteiger partial charge < -0.3 is 5.32 Å². The molecule has 90 valence electrons. The predicted molar refractivity (Wildman–Crippen MR) is 58.4 cm³/mol. The fraction of sp³-hybridized carbons (Fsp3) is 0.500. The lowest BCUT2D eigenvalue weighted by atomic mass is 9.99. The van der Waals surface area contributed by atoms with E-state index in [0.717, 1.165) is 18.2 Å². The Kier molecular flexibility index (Phi) is 4.35. The second-order valence-electron chi connectivity index (χ2n) is 3.83. The molecule has 0 saturated heterocycles. The first-order valence-electron chi connectivity index (χ1n) is 5.33. The summed E-state index contributed by atoms with van der Waals surface area (Å²) in [6, 6.07) is 5.52. The molecule has 1 aromatic carbocycles. The summed E-state index contributed by atoms with van der Waals surface area (Å²) in [6.45, 7) is 5.40. The third-order valence-electron chi connectivity index (χ3n) is 2.48. The molecule has 1 unspecified atom stereocenters. The van der Waals surface area contributed by atoms with Crippen molar-refractivity contribution < 1.29 is 13.2 Å². The van der Waals surface area contributed by atoms with Gasteiger partial charge in [0.05, 0.1) is 5.56 Å². The van der Waals surface area contributed by atoms with Crippen LogP contribution in [-0.4, -0.2) is 13.1 Å². The Morgan fingerprint density at radius 2 is 2.00 bits per heavy atom. The number of hydrogen-bond donors (Lipinski definition) is 1. The largest absolute Gasteiger partial charge is 0.416 e. The molecule has 1 N–H and O–H groups in total.